The van der Waals surface area contributed by atoms with E-state index in [0.717, 1.165) is 18.0 Å². The van der Waals surface area contributed by atoms with Gasteiger partial charge >= 0.3 is 6.00 Å². The minimum atomic E-state index is -2.73. The zero-order valence-electron chi connectivity index (χ0n) is 8.28. The molecule has 4 heteroatoms. The number of rotatable bonds is 3. The second-order valence-corrected chi connectivity index (χ2v) is 11.5. The molecule has 0 heterocycles. The van der Waals surface area contributed by atoms with Crippen molar-refractivity contribution < 1.29 is 0 Å². The lowest BCUT2D eigenvalue weighted by atomic mass is 10.0. The number of aryl methyl sites for hydroxylation is 1. The van der Waals surface area contributed by atoms with Crippen LogP contribution < -0.4 is 5.19 Å². The van der Waals surface area contributed by atoms with Gasteiger partial charge in [0.25, 0.3) is 0 Å². The number of hydrogen-bond donors (Lipinski definition) is 0. The van der Waals surface area contributed by atoms with Crippen LogP contribution in [0.25, 0.3) is 0 Å². The minimum Gasteiger partial charge on any atom is -0.121 e. The lowest BCUT2D eigenvalue weighted by Gasteiger charge is -2.16. The molecule has 1 rings (SSSR count). The molecule has 1 aromatic carbocycles. The molecule has 0 atom stereocenters. The Morgan fingerprint density at radius 2 is 1.71 bits per heavy atom. The van der Waals surface area contributed by atoms with Crippen LogP contribution in [-0.2, 0) is 12.8 Å². The molecule has 0 spiro atoms. The number of halogens is 3. The van der Waals surface area contributed by atoms with E-state index < -0.39 is 6.00 Å². The Kier molecular flexibility index (Phi) is 4.32. The van der Waals surface area contributed by atoms with Crippen molar-refractivity contribution in [2.75, 3.05) is 0 Å². The Hall–Kier alpha value is 0.307. The van der Waals surface area contributed by atoms with Crippen molar-refractivity contribution in [3.05, 3.63) is 29.3 Å². The molecule has 0 fully saturated rings. The summed E-state index contributed by atoms with van der Waals surface area (Å²) in [6, 6.07) is 3.29. The standard InChI is InChI=1S/C10H13Cl3Si/c1-3-8-6-5-7-10(9(8)4-2)14(11,12)13/h5-7H,3-4H2,1-2H3. The smallest absolute Gasteiger partial charge is 0.121 e. The molecule has 0 aliphatic heterocycles. The molecule has 14 heavy (non-hydrogen) atoms. The molecule has 0 N–H and O–H groups in total. The summed E-state index contributed by atoms with van der Waals surface area (Å²) in [7, 11) is 0. The summed E-state index contributed by atoms with van der Waals surface area (Å²) in [4.78, 5) is 0. The molecular weight excluding hydrogens is 255 g/mol. The van der Waals surface area contributed by atoms with Gasteiger partial charge in [0, 0.05) is 0 Å². The molecular formula is C10H13Cl3Si. The first kappa shape index (κ1) is 12.4. The van der Waals surface area contributed by atoms with Crippen molar-refractivity contribution in [1.29, 1.82) is 0 Å². The predicted octanol–water partition coefficient (Wildman–Crippen LogP) is 3.67. The summed E-state index contributed by atoms with van der Waals surface area (Å²) >= 11 is 18.1. The topological polar surface area (TPSA) is 0 Å². The van der Waals surface area contributed by atoms with Gasteiger partial charge in [0.2, 0.25) is 0 Å². The maximum atomic E-state index is 6.04. The van der Waals surface area contributed by atoms with E-state index in [1.807, 2.05) is 12.1 Å². The van der Waals surface area contributed by atoms with Gasteiger partial charge in [-0.25, -0.2) is 0 Å². The van der Waals surface area contributed by atoms with Gasteiger partial charge in [-0.2, -0.15) is 0 Å². The zero-order chi connectivity index (χ0) is 10.8. The molecule has 0 saturated carbocycles. The van der Waals surface area contributed by atoms with Crippen LogP contribution in [0.3, 0.4) is 0 Å². The van der Waals surface area contributed by atoms with Gasteiger partial charge in [0.15, 0.2) is 0 Å². The Morgan fingerprint density at radius 3 is 2.14 bits per heavy atom. The molecule has 0 aliphatic rings. The normalized spacial score (nSPS) is 11.8. The van der Waals surface area contributed by atoms with E-state index in [1.165, 1.54) is 11.1 Å². The fourth-order valence-electron chi connectivity index (χ4n) is 1.65. The molecule has 78 valence electrons. The second kappa shape index (κ2) is 4.89. The predicted molar refractivity (Wildman–Crippen MR) is 68.1 cm³/mol. The molecule has 0 radical (unpaired) electrons. The molecule has 0 aromatic heterocycles. The molecule has 0 amide bonds. The molecule has 1 aromatic rings. The van der Waals surface area contributed by atoms with E-state index >= 15 is 0 Å². The van der Waals surface area contributed by atoms with Crippen molar-refractivity contribution in [1.82, 2.24) is 0 Å². The van der Waals surface area contributed by atoms with E-state index in [-0.39, 0.29) is 0 Å². The van der Waals surface area contributed by atoms with E-state index in [4.69, 9.17) is 33.2 Å². The van der Waals surface area contributed by atoms with Crippen LogP contribution in [0, 0.1) is 0 Å². The first-order chi connectivity index (χ1) is 6.50. The summed E-state index contributed by atoms with van der Waals surface area (Å²) in [5.74, 6) is 0. The van der Waals surface area contributed by atoms with Crippen molar-refractivity contribution in [2.24, 2.45) is 0 Å². The summed E-state index contributed by atoms with van der Waals surface area (Å²) < 4.78 is 0. The van der Waals surface area contributed by atoms with Gasteiger partial charge in [0.05, 0.1) is 0 Å². The summed E-state index contributed by atoms with van der Waals surface area (Å²) in [5.41, 5.74) is 2.52. The lowest BCUT2D eigenvalue weighted by Crippen LogP contribution is -2.34. The monoisotopic (exact) mass is 266 g/mol. The van der Waals surface area contributed by atoms with Gasteiger partial charge in [0.1, 0.15) is 0 Å². The molecule has 0 nitrogen and oxygen atoms in total. The third-order valence-electron chi connectivity index (χ3n) is 2.31. The fraction of sp³-hybridized carbons (Fsp3) is 0.400. The van der Waals surface area contributed by atoms with Crippen molar-refractivity contribution >= 4 is 44.4 Å². The van der Waals surface area contributed by atoms with Crippen LogP contribution in [0.5, 0.6) is 0 Å². The van der Waals surface area contributed by atoms with E-state index in [2.05, 4.69) is 19.9 Å². The highest BCUT2D eigenvalue weighted by atomic mass is 35.8. The van der Waals surface area contributed by atoms with Crippen LogP contribution in [0.2, 0.25) is 0 Å². The van der Waals surface area contributed by atoms with Gasteiger partial charge in [-0.05, 0) is 29.2 Å². The molecule has 0 unspecified atom stereocenters. The molecule has 0 saturated heterocycles. The van der Waals surface area contributed by atoms with Crippen LogP contribution in [0.15, 0.2) is 18.2 Å². The van der Waals surface area contributed by atoms with Gasteiger partial charge in [-0.3, -0.25) is 0 Å². The quantitative estimate of drug-likeness (QED) is 0.579. The molecule has 0 aliphatic carbocycles. The third-order valence-corrected chi connectivity index (χ3v) is 5.22. The average Bonchev–Trinajstić information content (AvgIpc) is 2.15. The highest BCUT2D eigenvalue weighted by molar-refractivity contribution is 7.69. The summed E-state index contributed by atoms with van der Waals surface area (Å²) in [6.07, 6.45) is 1.92. The third kappa shape index (κ3) is 2.66. The van der Waals surface area contributed by atoms with Gasteiger partial charge in [-0.15, -0.1) is 33.2 Å². The first-order valence-electron chi connectivity index (χ1n) is 4.68. The number of benzene rings is 1. The summed E-state index contributed by atoms with van der Waals surface area (Å²) in [5, 5.41) is 0.948. The van der Waals surface area contributed by atoms with Crippen LogP contribution in [0.4, 0.5) is 0 Å². The highest BCUT2D eigenvalue weighted by Crippen LogP contribution is 2.23. The Labute approximate surface area is 100 Å². The SMILES string of the molecule is CCc1cccc([Si](Cl)(Cl)Cl)c1CC. The lowest BCUT2D eigenvalue weighted by molar-refractivity contribution is 1.05. The van der Waals surface area contributed by atoms with Gasteiger partial charge in [-0.1, -0.05) is 32.0 Å². The van der Waals surface area contributed by atoms with Gasteiger partial charge < -0.3 is 0 Å². The van der Waals surface area contributed by atoms with E-state index in [1.54, 1.807) is 0 Å². The maximum Gasteiger partial charge on any atom is 0.373 e. The Bertz CT molecular complexity index is 318. The average molecular weight is 268 g/mol. The van der Waals surface area contributed by atoms with E-state index in [9.17, 15) is 0 Å². The first-order valence-corrected chi connectivity index (χ1v) is 9.72. The van der Waals surface area contributed by atoms with E-state index in [0.29, 0.717) is 0 Å². The number of hydrogen-bond acceptors (Lipinski definition) is 0. The second-order valence-electron chi connectivity index (χ2n) is 3.15. The fourth-order valence-corrected chi connectivity index (χ4v) is 4.21. The molecule has 0 bridgehead atoms. The van der Waals surface area contributed by atoms with Crippen molar-refractivity contribution in [3.8, 4) is 0 Å². The minimum absolute atomic E-state index is 0.931. The highest BCUT2D eigenvalue weighted by Gasteiger charge is 2.30. The maximum absolute atomic E-state index is 6.04. The Balaban J connectivity index is 3.29. The van der Waals surface area contributed by atoms with Crippen LogP contribution in [-0.4, -0.2) is 6.00 Å². The van der Waals surface area contributed by atoms with Crippen molar-refractivity contribution in [3.63, 3.8) is 0 Å². The van der Waals surface area contributed by atoms with Crippen LogP contribution in [0.1, 0.15) is 25.0 Å². The Morgan fingerprint density at radius 1 is 1.07 bits per heavy atom. The largest absolute Gasteiger partial charge is 0.373 e. The van der Waals surface area contributed by atoms with Crippen molar-refractivity contribution in [2.45, 2.75) is 26.7 Å². The van der Waals surface area contributed by atoms with Crippen LogP contribution >= 0.6 is 33.2 Å². The zero-order valence-corrected chi connectivity index (χ0v) is 11.5. The summed E-state index contributed by atoms with van der Waals surface area (Å²) in [6.45, 7) is 4.22.